The number of hydrogen-bond donors (Lipinski definition) is 1. The predicted octanol–water partition coefficient (Wildman–Crippen LogP) is 2.12. The molecule has 1 N–H and O–H groups in total. The van der Waals surface area contributed by atoms with Crippen molar-refractivity contribution in [2.45, 2.75) is 40.0 Å². The van der Waals surface area contributed by atoms with Crippen LogP contribution < -0.4 is 5.32 Å². The smallest absolute Gasteiger partial charge is 0.0477 e. The monoisotopic (exact) mass is 242 g/mol. The third-order valence-electron chi connectivity index (χ3n) is 3.43. The van der Waals surface area contributed by atoms with Crippen molar-refractivity contribution in [3.8, 4) is 0 Å². The van der Waals surface area contributed by atoms with Gasteiger partial charge >= 0.3 is 0 Å². The lowest BCUT2D eigenvalue weighted by atomic mass is 9.84. The van der Waals surface area contributed by atoms with Crippen LogP contribution in [0.25, 0.3) is 0 Å². The molecule has 0 unspecified atom stereocenters. The van der Waals surface area contributed by atoms with E-state index in [2.05, 4.69) is 24.1 Å². The second kappa shape index (κ2) is 8.06. The van der Waals surface area contributed by atoms with Crippen LogP contribution in [0.15, 0.2) is 0 Å². The molecular weight excluding hydrogens is 212 g/mol. The van der Waals surface area contributed by atoms with Crippen molar-refractivity contribution < 1.29 is 4.74 Å². The molecule has 0 aromatic heterocycles. The van der Waals surface area contributed by atoms with E-state index >= 15 is 0 Å². The second-order valence-electron chi connectivity index (χ2n) is 5.84. The maximum Gasteiger partial charge on any atom is 0.0477 e. The van der Waals surface area contributed by atoms with Crippen LogP contribution in [0.3, 0.4) is 0 Å². The van der Waals surface area contributed by atoms with E-state index in [1.54, 1.807) is 0 Å². The summed E-state index contributed by atoms with van der Waals surface area (Å²) in [5, 5.41) is 3.50. The highest BCUT2D eigenvalue weighted by atomic mass is 16.5. The molecule has 0 aromatic carbocycles. The Morgan fingerprint density at radius 2 is 2.12 bits per heavy atom. The molecule has 0 atom stereocenters. The minimum absolute atomic E-state index is 0.521. The summed E-state index contributed by atoms with van der Waals surface area (Å²) in [6, 6.07) is 0. The minimum Gasteiger partial charge on any atom is -0.382 e. The van der Waals surface area contributed by atoms with Crippen LogP contribution in [-0.4, -0.2) is 50.8 Å². The molecule has 3 heteroatoms. The third-order valence-corrected chi connectivity index (χ3v) is 3.43. The van der Waals surface area contributed by atoms with Crippen molar-refractivity contribution in [2.24, 2.45) is 5.41 Å². The van der Waals surface area contributed by atoms with Gasteiger partial charge in [-0.05, 0) is 44.7 Å². The van der Waals surface area contributed by atoms with Gasteiger partial charge in [0.05, 0.1) is 0 Å². The quantitative estimate of drug-likeness (QED) is 0.660. The maximum atomic E-state index is 5.31. The average molecular weight is 242 g/mol. The van der Waals surface area contributed by atoms with Crippen LogP contribution in [0.1, 0.15) is 40.0 Å². The molecule has 1 heterocycles. The zero-order valence-electron chi connectivity index (χ0n) is 11.9. The molecule has 0 saturated carbocycles. The van der Waals surface area contributed by atoms with Crippen LogP contribution in [0, 0.1) is 5.41 Å². The zero-order valence-corrected chi connectivity index (χ0v) is 11.9. The average Bonchev–Trinajstić information content (AvgIpc) is 2.27. The van der Waals surface area contributed by atoms with Gasteiger partial charge in [-0.25, -0.2) is 0 Å². The summed E-state index contributed by atoms with van der Waals surface area (Å²) in [7, 11) is 0. The van der Waals surface area contributed by atoms with E-state index in [0.717, 1.165) is 32.7 Å². The highest BCUT2D eigenvalue weighted by molar-refractivity contribution is 4.79. The standard InChI is InChI=1S/C14H30N2O/c1-4-17-12-6-8-15-9-11-16-10-5-7-14(2,3)13-16/h15H,4-13H2,1-3H3. The van der Waals surface area contributed by atoms with Crippen molar-refractivity contribution in [3.63, 3.8) is 0 Å². The van der Waals surface area contributed by atoms with Gasteiger partial charge in [0, 0.05) is 32.8 Å². The Balaban J connectivity index is 1.95. The SMILES string of the molecule is CCOCCCNCCN1CCCC(C)(C)C1. The summed E-state index contributed by atoms with van der Waals surface area (Å²) >= 11 is 0. The molecule has 0 amide bonds. The van der Waals surface area contributed by atoms with Gasteiger partial charge in [0.1, 0.15) is 0 Å². The normalized spacial score (nSPS) is 20.6. The highest BCUT2D eigenvalue weighted by Gasteiger charge is 2.25. The van der Waals surface area contributed by atoms with E-state index in [1.807, 2.05) is 6.92 Å². The Hall–Kier alpha value is -0.120. The van der Waals surface area contributed by atoms with Gasteiger partial charge in [-0.1, -0.05) is 13.8 Å². The minimum atomic E-state index is 0.521. The number of likely N-dealkylation sites (tertiary alicyclic amines) is 1. The van der Waals surface area contributed by atoms with E-state index in [9.17, 15) is 0 Å². The van der Waals surface area contributed by atoms with Crippen LogP contribution in [0.5, 0.6) is 0 Å². The Kier molecular flexibility index (Phi) is 7.09. The number of hydrogen-bond acceptors (Lipinski definition) is 3. The molecule has 17 heavy (non-hydrogen) atoms. The molecule has 3 nitrogen and oxygen atoms in total. The first-order chi connectivity index (χ1) is 8.14. The topological polar surface area (TPSA) is 24.5 Å². The summed E-state index contributed by atoms with van der Waals surface area (Å²) < 4.78 is 5.31. The van der Waals surface area contributed by atoms with Crippen molar-refractivity contribution in [1.82, 2.24) is 10.2 Å². The van der Waals surface area contributed by atoms with Crippen LogP contribution in [0.4, 0.5) is 0 Å². The first-order valence-electron chi connectivity index (χ1n) is 7.15. The third kappa shape index (κ3) is 7.02. The lowest BCUT2D eigenvalue weighted by Crippen LogP contribution is -2.43. The fraction of sp³-hybridized carbons (Fsp3) is 1.00. The number of nitrogens with zero attached hydrogens (tertiary/aromatic N) is 1. The molecule has 1 rings (SSSR count). The number of rotatable bonds is 8. The zero-order chi connectivity index (χ0) is 12.6. The summed E-state index contributed by atoms with van der Waals surface area (Å²) in [5.41, 5.74) is 0.521. The Bertz CT molecular complexity index is 195. The Morgan fingerprint density at radius 3 is 2.82 bits per heavy atom. The molecule has 0 bridgehead atoms. The predicted molar refractivity (Wildman–Crippen MR) is 73.4 cm³/mol. The van der Waals surface area contributed by atoms with Crippen LogP contribution in [-0.2, 0) is 4.74 Å². The lowest BCUT2D eigenvalue weighted by Gasteiger charge is -2.38. The van der Waals surface area contributed by atoms with E-state index in [1.165, 1.54) is 32.5 Å². The fourth-order valence-corrected chi connectivity index (χ4v) is 2.54. The van der Waals surface area contributed by atoms with Gasteiger partial charge in [0.2, 0.25) is 0 Å². The highest BCUT2D eigenvalue weighted by Crippen LogP contribution is 2.27. The van der Waals surface area contributed by atoms with Crippen molar-refractivity contribution in [3.05, 3.63) is 0 Å². The van der Waals surface area contributed by atoms with E-state index < -0.39 is 0 Å². The molecule has 0 aliphatic carbocycles. The number of piperidine rings is 1. The van der Waals surface area contributed by atoms with Crippen molar-refractivity contribution >= 4 is 0 Å². The van der Waals surface area contributed by atoms with Gasteiger partial charge in [-0.2, -0.15) is 0 Å². The fourth-order valence-electron chi connectivity index (χ4n) is 2.54. The molecule has 1 saturated heterocycles. The van der Waals surface area contributed by atoms with Gasteiger partial charge < -0.3 is 15.0 Å². The Labute approximate surface area is 107 Å². The molecule has 0 aromatic rings. The molecule has 102 valence electrons. The summed E-state index contributed by atoms with van der Waals surface area (Å²) in [6.45, 7) is 14.5. The lowest BCUT2D eigenvalue weighted by molar-refractivity contribution is 0.117. The van der Waals surface area contributed by atoms with E-state index in [0.29, 0.717) is 5.41 Å². The van der Waals surface area contributed by atoms with Gasteiger partial charge in [0.15, 0.2) is 0 Å². The van der Waals surface area contributed by atoms with Crippen molar-refractivity contribution in [1.29, 1.82) is 0 Å². The molecule has 1 aliphatic rings. The van der Waals surface area contributed by atoms with Crippen LogP contribution in [0.2, 0.25) is 0 Å². The first kappa shape index (κ1) is 14.9. The summed E-state index contributed by atoms with van der Waals surface area (Å²) in [4.78, 5) is 2.60. The molecule has 0 spiro atoms. The van der Waals surface area contributed by atoms with Gasteiger partial charge in [0.25, 0.3) is 0 Å². The Morgan fingerprint density at radius 1 is 1.29 bits per heavy atom. The summed E-state index contributed by atoms with van der Waals surface area (Å²) in [5.74, 6) is 0. The molecular formula is C14H30N2O. The number of nitrogens with one attached hydrogen (secondary N) is 1. The maximum absolute atomic E-state index is 5.31. The number of ether oxygens (including phenoxy) is 1. The molecule has 1 fully saturated rings. The molecule has 1 aliphatic heterocycles. The van der Waals surface area contributed by atoms with Crippen LogP contribution >= 0.6 is 0 Å². The second-order valence-corrected chi connectivity index (χ2v) is 5.84. The first-order valence-corrected chi connectivity index (χ1v) is 7.15. The van der Waals surface area contributed by atoms with Gasteiger partial charge in [-0.15, -0.1) is 0 Å². The molecule has 0 radical (unpaired) electrons. The van der Waals surface area contributed by atoms with Crippen molar-refractivity contribution in [2.75, 3.05) is 45.9 Å². The summed E-state index contributed by atoms with van der Waals surface area (Å²) in [6.07, 6.45) is 3.86. The van der Waals surface area contributed by atoms with E-state index in [4.69, 9.17) is 4.74 Å². The van der Waals surface area contributed by atoms with E-state index in [-0.39, 0.29) is 0 Å². The largest absolute Gasteiger partial charge is 0.382 e. The van der Waals surface area contributed by atoms with Gasteiger partial charge in [-0.3, -0.25) is 0 Å².